The van der Waals surface area contributed by atoms with Crippen LogP contribution in [-0.4, -0.2) is 52.9 Å². The first-order chi connectivity index (χ1) is 8.06. The highest BCUT2D eigenvalue weighted by molar-refractivity contribution is 6.28. The Bertz CT molecular complexity index is 403. The van der Waals surface area contributed by atoms with Crippen LogP contribution in [-0.2, 0) is 9.53 Å². The lowest BCUT2D eigenvalue weighted by Gasteiger charge is -2.13. The van der Waals surface area contributed by atoms with Crippen LogP contribution >= 0.6 is 11.6 Å². The van der Waals surface area contributed by atoms with E-state index in [0.29, 0.717) is 0 Å². The summed E-state index contributed by atoms with van der Waals surface area (Å²) in [6.07, 6.45) is 0. The molecule has 1 rings (SSSR count). The number of nitrogens with one attached hydrogen (secondary N) is 1. The minimum atomic E-state index is -1.10. The number of anilines is 1. The quantitative estimate of drug-likeness (QED) is 0.740. The minimum absolute atomic E-state index is 0.00550. The van der Waals surface area contributed by atoms with Crippen molar-refractivity contribution < 1.29 is 19.4 Å². The molecule has 1 aromatic rings. The molecule has 0 spiro atoms. The first-order valence-corrected chi connectivity index (χ1v) is 4.88. The molecule has 94 valence electrons. The van der Waals surface area contributed by atoms with Gasteiger partial charge in [-0.15, -0.1) is 0 Å². The Kier molecular flexibility index (Phi) is 4.85. The van der Waals surface area contributed by atoms with Crippen molar-refractivity contribution >= 4 is 23.5 Å². The molecular formula is C8H11ClN4O4. The number of carbonyl (C=O) groups is 1. The van der Waals surface area contributed by atoms with E-state index in [1.54, 1.807) is 0 Å². The van der Waals surface area contributed by atoms with Gasteiger partial charge >= 0.3 is 12.0 Å². The average molecular weight is 263 g/mol. The van der Waals surface area contributed by atoms with Gasteiger partial charge in [-0.25, -0.2) is 4.79 Å². The number of carboxylic acid groups (broad SMARTS) is 1. The predicted molar refractivity (Wildman–Crippen MR) is 58.3 cm³/mol. The van der Waals surface area contributed by atoms with Crippen LogP contribution < -0.4 is 10.1 Å². The minimum Gasteiger partial charge on any atom is -0.480 e. The van der Waals surface area contributed by atoms with Crippen LogP contribution in [0.4, 0.5) is 5.95 Å². The fourth-order valence-corrected chi connectivity index (χ4v) is 1.14. The molecule has 8 nitrogen and oxygen atoms in total. The third-order valence-electron chi connectivity index (χ3n) is 1.70. The van der Waals surface area contributed by atoms with Gasteiger partial charge in [0.1, 0.15) is 0 Å². The summed E-state index contributed by atoms with van der Waals surface area (Å²) in [5.74, 6) is -1.09. The van der Waals surface area contributed by atoms with E-state index in [0.717, 1.165) is 0 Å². The Hall–Kier alpha value is -1.67. The number of halogens is 1. The molecule has 17 heavy (non-hydrogen) atoms. The fourth-order valence-electron chi connectivity index (χ4n) is 0.985. The van der Waals surface area contributed by atoms with Crippen molar-refractivity contribution in [2.45, 2.75) is 6.04 Å². The monoisotopic (exact) mass is 262 g/mol. The van der Waals surface area contributed by atoms with Crippen LogP contribution in [0.3, 0.4) is 0 Å². The maximum absolute atomic E-state index is 10.9. The maximum atomic E-state index is 10.9. The zero-order chi connectivity index (χ0) is 12.8. The highest BCUT2D eigenvalue weighted by Gasteiger charge is 2.19. The molecule has 1 heterocycles. The first kappa shape index (κ1) is 13.4. The number of aromatic nitrogens is 3. The molecule has 0 bridgehead atoms. The van der Waals surface area contributed by atoms with Gasteiger partial charge in [0.2, 0.25) is 11.2 Å². The number of nitrogens with zero attached hydrogens (tertiary/aromatic N) is 3. The second kappa shape index (κ2) is 6.16. The van der Waals surface area contributed by atoms with E-state index in [1.165, 1.54) is 14.2 Å². The fraction of sp³-hybridized carbons (Fsp3) is 0.500. The Morgan fingerprint density at radius 1 is 1.47 bits per heavy atom. The summed E-state index contributed by atoms with van der Waals surface area (Å²) >= 11 is 5.61. The molecule has 9 heteroatoms. The van der Waals surface area contributed by atoms with Crippen LogP contribution in [0.2, 0.25) is 5.28 Å². The number of carboxylic acids is 1. The van der Waals surface area contributed by atoms with E-state index in [1.807, 2.05) is 0 Å². The van der Waals surface area contributed by atoms with E-state index in [9.17, 15) is 4.79 Å². The lowest BCUT2D eigenvalue weighted by molar-refractivity contribution is -0.139. The molecular weight excluding hydrogens is 252 g/mol. The molecule has 1 unspecified atom stereocenters. The molecule has 1 atom stereocenters. The van der Waals surface area contributed by atoms with Crippen molar-refractivity contribution in [2.24, 2.45) is 0 Å². The molecule has 1 aromatic heterocycles. The summed E-state index contributed by atoms with van der Waals surface area (Å²) in [6.45, 7) is -0.0407. The number of aliphatic carboxylic acids is 1. The Labute approximate surface area is 102 Å². The zero-order valence-electron chi connectivity index (χ0n) is 9.18. The molecule has 2 N–H and O–H groups in total. The van der Waals surface area contributed by atoms with E-state index in [4.69, 9.17) is 26.2 Å². The summed E-state index contributed by atoms with van der Waals surface area (Å²) in [4.78, 5) is 22.0. The van der Waals surface area contributed by atoms with Gasteiger partial charge in [0.05, 0.1) is 13.7 Å². The molecule has 0 fully saturated rings. The van der Waals surface area contributed by atoms with Crippen molar-refractivity contribution in [1.82, 2.24) is 15.0 Å². The lowest BCUT2D eigenvalue weighted by Crippen LogP contribution is -2.34. The van der Waals surface area contributed by atoms with Gasteiger partial charge in [0, 0.05) is 7.11 Å². The van der Waals surface area contributed by atoms with Crippen molar-refractivity contribution in [3.63, 3.8) is 0 Å². The summed E-state index contributed by atoms with van der Waals surface area (Å²) in [6, 6.07) is -0.989. The summed E-state index contributed by atoms with van der Waals surface area (Å²) < 4.78 is 9.52. The smallest absolute Gasteiger partial charge is 0.328 e. The maximum Gasteiger partial charge on any atom is 0.328 e. The Balaban J connectivity index is 2.84. The second-order valence-corrected chi connectivity index (χ2v) is 3.24. The Morgan fingerprint density at radius 2 is 2.18 bits per heavy atom. The largest absolute Gasteiger partial charge is 0.480 e. The molecule has 0 saturated heterocycles. The van der Waals surface area contributed by atoms with Gasteiger partial charge < -0.3 is 19.9 Å². The van der Waals surface area contributed by atoms with Crippen molar-refractivity contribution in [3.8, 4) is 6.01 Å². The SMILES string of the molecule is COCC(Nc1nc(Cl)nc(OC)n1)C(=O)O. The molecule has 0 aliphatic carbocycles. The zero-order valence-corrected chi connectivity index (χ0v) is 9.93. The summed E-state index contributed by atoms with van der Waals surface area (Å²) in [7, 11) is 2.75. The number of hydrogen-bond donors (Lipinski definition) is 2. The first-order valence-electron chi connectivity index (χ1n) is 4.50. The molecule has 0 saturated carbocycles. The molecule has 0 amide bonds. The molecule has 0 aliphatic rings. The summed E-state index contributed by atoms with van der Waals surface area (Å²) in [5, 5.41) is 11.3. The Morgan fingerprint density at radius 3 is 2.71 bits per heavy atom. The van der Waals surface area contributed by atoms with Crippen LogP contribution in [0.15, 0.2) is 0 Å². The molecule has 0 aromatic carbocycles. The van der Waals surface area contributed by atoms with Gasteiger partial charge in [-0.05, 0) is 11.6 Å². The number of hydrogen-bond acceptors (Lipinski definition) is 7. The number of ether oxygens (including phenoxy) is 2. The van der Waals surface area contributed by atoms with Crippen molar-refractivity contribution in [3.05, 3.63) is 5.28 Å². The van der Waals surface area contributed by atoms with E-state index in [2.05, 4.69) is 20.3 Å². The van der Waals surface area contributed by atoms with Gasteiger partial charge in [0.15, 0.2) is 6.04 Å². The van der Waals surface area contributed by atoms with E-state index in [-0.39, 0.29) is 23.8 Å². The average Bonchev–Trinajstić information content (AvgIpc) is 2.27. The van der Waals surface area contributed by atoms with E-state index < -0.39 is 12.0 Å². The predicted octanol–water partition coefficient (Wildman–Crippen LogP) is 0.0451. The van der Waals surface area contributed by atoms with Gasteiger partial charge in [-0.1, -0.05) is 0 Å². The lowest BCUT2D eigenvalue weighted by atomic mass is 10.3. The van der Waals surface area contributed by atoms with Crippen LogP contribution in [0, 0.1) is 0 Å². The van der Waals surface area contributed by atoms with Crippen LogP contribution in [0.1, 0.15) is 0 Å². The second-order valence-electron chi connectivity index (χ2n) is 2.91. The van der Waals surface area contributed by atoms with Crippen LogP contribution in [0.25, 0.3) is 0 Å². The molecule has 0 aliphatic heterocycles. The highest BCUT2D eigenvalue weighted by Crippen LogP contribution is 2.11. The highest BCUT2D eigenvalue weighted by atomic mass is 35.5. The van der Waals surface area contributed by atoms with Crippen molar-refractivity contribution in [2.75, 3.05) is 26.1 Å². The molecule has 0 radical (unpaired) electrons. The van der Waals surface area contributed by atoms with E-state index >= 15 is 0 Å². The topological polar surface area (TPSA) is 106 Å². The summed E-state index contributed by atoms with van der Waals surface area (Å²) in [5.41, 5.74) is 0. The third kappa shape index (κ3) is 4.00. The van der Waals surface area contributed by atoms with Crippen molar-refractivity contribution in [1.29, 1.82) is 0 Å². The van der Waals surface area contributed by atoms with Gasteiger partial charge in [-0.3, -0.25) is 0 Å². The van der Waals surface area contributed by atoms with Crippen LogP contribution in [0.5, 0.6) is 6.01 Å². The normalized spacial score (nSPS) is 11.9. The van der Waals surface area contributed by atoms with Gasteiger partial charge in [-0.2, -0.15) is 15.0 Å². The third-order valence-corrected chi connectivity index (χ3v) is 1.87. The number of rotatable bonds is 6. The standard InChI is InChI=1S/C8H11ClN4O4/c1-16-3-4(5(14)15)10-7-11-6(9)12-8(13-7)17-2/h4H,3H2,1-2H3,(H,14,15)(H,10,11,12,13). The number of methoxy groups -OCH3 is 2. The van der Waals surface area contributed by atoms with Gasteiger partial charge in [0.25, 0.3) is 0 Å².